The monoisotopic (exact) mass is 233 g/mol. The second-order valence-corrected chi connectivity index (χ2v) is 5.22. The van der Waals surface area contributed by atoms with Crippen LogP contribution < -0.4 is 5.32 Å². The van der Waals surface area contributed by atoms with Crippen molar-refractivity contribution in [3.8, 4) is 0 Å². The molecule has 1 aromatic rings. The van der Waals surface area contributed by atoms with Gasteiger partial charge in [0.15, 0.2) is 0 Å². The summed E-state index contributed by atoms with van der Waals surface area (Å²) >= 11 is 0. The van der Waals surface area contributed by atoms with E-state index < -0.39 is 0 Å². The molecule has 0 spiro atoms. The average molecular weight is 233 g/mol. The summed E-state index contributed by atoms with van der Waals surface area (Å²) in [5.41, 5.74) is 5.59. The van der Waals surface area contributed by atoms with E-state index in [0.29, 0.717) is 5.92 Å². The predicted molar refractivity (Wildman–Crippen MR) is 71.3 cm³/mol. The molecule has 0 bridgehead atoms. The highest BCUT2D eigenvalue weighted by molar-refractivity contribution is 5.36. The van der Waals surface area contributed by atoms with E-state index in [4.69, 9.17) is 4.74 Å². The minimum absolute atomic E-state index is 0.710. The Balaban J connectivity index is 1.87. The highest BCUT2D eigenvalue weighted by Gasteiger charge is 2.14. The molecular weight excluding hydrogens is 210 g/mol. The van der Waals surface area contributed by atoms with Gasteiger partial charge < -0.3 is 10.1 Å². The fraction of sp³-hybridized carbons (Fsp3) is 0.600. The Kier molecular flexibility index (Phi) is 4.19. The third-order valence-electron chi connectivity index (χ3n) is 3.72. The van der Waals surface area contributed by atoms with Gasteiger partial charge in [0.2, 0.25) is 0 Å². The normalized spacial score (nSPS) is 19.8. The number of nitrogens with one attached hydrogen (secondary N) is 1. The van der Waals surface area contributed by atoms with Crippen molar-refractivity contribution in [2.75, 3.05) is 19.8 Å². The highest BCUT2D eigenvalue weighted by atomic mass is 16.5. The van der Waals surface area contributed by atoms with Crippen molar-refractivity contribution >= 4 is 0 Å². The molecule has 1 N–H and O–H groups in total. The smallest absolute Gasteiger partial charge is 0.0507 e. The van der Waals surface area contributed by atoms with Crippen molar-refractivity contribution < 1.29 is 4.74 Å². The van der Waals surface area contributed by atoms with E-state index in [-0.39, 0.29) is 0 Å². The Morgan fingerprint density at radius 2 is 1.94 bits per heavy atom. The first-order valence-corrected chi connectivity index (χ1v) is 6.52. The quantitative estimate of drug-likeness (QED) is 0.863. The Labute approximate surface area is 104 Å². The van der Waals surface area contributed by atoms with Gasteiger partial charge in [-0.2, -0.15) is 0 Å². The maximum Gasteiger partial charge on any atom is 0.0507 e. The van der Waals surface area contributed by atoms with E-state index in [9.17, 15) is 0 Å². The van der Waals surface area contributed by atoms with E-state index in [1.54, 1.807) is 0 Å². The summed E-state index contributed by atoms with van der Waals surface area (Å²) in [5, 5.41) is 3.55. The lowest BCUT2D eigenvalue weighted by Crippen LogP contribution is -2.23. The molecule has 1 saturated heterocycles. The molecule has 1 atom stereocenters. The molecule has 1 unspecified atom stereocenters. The summed E-state index contributed by atoms with van der Waals surface area (Å²) in [5.74, 6) is 0.710. The summed E-state index contributed by atoms with van der Waals surface area (Å²) in [6.07, 6.45) is 1.21. The molecule has 17 heavy (non-hydrogen) atoms. The molecule has 1 aliphatic rings. The molecule has 2 heteroatoms. The van der Waals surface area contributed by atoms with Crippen LogP contribution in [-0.2, 0) is 11.3 Å². The molecule has 94 valence electrons. The maximum atomic E-state index is 5.38. The van der Waals surface area contributed by atoms with Crippen molar-refractivity contribution in [1.29, 1.82) is 0 Å². The van der Waals surface area contributed by atoms with Crippen LogP contribution in [0.4, 0.5) is 0 Å². The Hall–Kier alpha value is -0.860. The van der Waals surface area contributed by atoms with Gasteiger partial charge in [0, 0.05) is 19.7 Å². The first kappa shape index (κ1) is 12.6. The molecular formula is C15H23NO. The van der Waals surface area contributed by atoms with Crippen LogP contribution in [0.5, 0.6) is 0 Å². The molecule has 1 fully saturated rings. The predicted octanol–water partition coefficient (Wildman–Crippen LogP) is 2.74. The van der Waals surface area contributed by atoms with Gasteiger partial charge in [0.05, 0.1) is 6.61 Å². The van der Waals surface area contributed by atoms with E-state index in [0.717, 1.165) is 26.3 Å². The summed E-state index contributed by atoms with van der Waals surface area (Å²) in [7, 11) is 0. The van der Waals surface area contributed by atoms with Gasteiger partial charge in [-0.25, -0.2) is 0 Å². The standard InChI is InChI=1S/C15H23NO/c1-11-6-13(3)15(7-12(11)2)9-16-8-14-4-5-17-10-14/h6-7,14,16H,4-5,8-10H2,1-3H3. The molecule has 1 aromatic carbocycles. The number of hydrogen-bond acceptors (Lipinski definition) is 2. The Morgan fingerprint density at radius 3 is 2.65 bits per heavy atom. The van der Waals surface area contributed by atoms with Gasteiger partial charge in [-0.3, -0.25) is 0 Å². The minimum atomic E-state index is 0.710. The maximum absolute atomic E-state index is 5.38. The van der Waals surface area contributed by atoms with Gasteiger partial charge in [-0.05, 0) is 55.4 Å². The molecule has 0 saturated carbocycles. The largest absolute Gasteiger partial charge is 0.381 e. The van der Waals surface area contributed by atoms with Gasteiger partial charge in [-0.1, -0.05) is 12.1 Å². The lowest BCUT2D eigenvalue weighted by Gasteiger charge is -2.13. The van der Waals surface area contributed by atoms with Gasteiger partial charge >= 0.3 is 0 Å². The molecule has 0 aromatic heterocycles. The Bertz CT molecular complexity index is 381. The molecule has 2 nitrogen and oxygen atoms in total. The summed E-state index contributed by atoms with van der Waals surface area (Å²) in [6.45, 7) is 10.5. The zero-order valence-electron chi connectivity index (χ0n) is 11.2. The molecule has 1 heterocycles. The second kappa shape index (κ2) is 5.65. The van der Waals surface area contributed by atoms with Gasteiger partial charge in [-0.15, -0.1) is 0 Å². The number of ether oxygens (including phenoxy) is 1. The minimum Gasteiger partial charge on any atom is -0.381 e. The third-order valence-corrected chi connectivity index (χ3v) is 3.72. The van der Waals surface area contributed by atoms with Crippen LogP contribution in [0, 0.1) is 26.7 Å². The van der Waals surface area contributed by atoms with Crippen LogP contribution in [0.2, 0.25) is 0 Å². The topological polar surface area (TPSA) is 21.3 Å². The average Bonchev–Trinajstić information content (AvgIpc) is 2.78. The van der Waals surface area contributed by atoms with Crippen LogP contribution in [0.3, 0.4) is 0 Å². The van der Waals surface area contributed by atoms with Crippen molar-refractivity contribution in [3.63, 3.8) is 0 Å². The zero-order valence-corrected chi connectivity index (χ0v) is 11.2. The second-order valence-electron chi connectivity index (χ2n) is 5.22. The number of benzene rings is 1. The highest BCUT2D eigenvalue weighted by Crippen LogP contribution is 2.16. The van der Waals surface area contributed by atoms with E-state index >= 15 is 0 Å². The van der Waals surface area contributed by atoms with Crippen LogP contribution in [0.15, 0.2) is 12.1 Å². The number of hydrogen-bond donors (Lipinski definition) is 1. The Morgan fingerprint density at radius 1 is 1.18 bits per heavy atom. The van der Waals surface area contributed by atoms with Crippen molar-refractivity contribution in [2.45, 2.75) is 33.7 Å². The summed E-state index contributed by atoms with van der Waals surface area (Å²) in [6, 6.07) is 4.59. The lowest BCUT2D eigenvalue weighted by molar-refractivity contribution is 0.185. The van der Waals surface area contributed by atoms with E-state index in [2.05, 4.69) is 38.2 Å². The van der Waals surface area contributed by atoms with Gasteiger partial charge in [0.1, 0.15) is 0 Å². The summed E-state index contributed by atoms with van der Waals surface area (Å²) in [4.78, 5) is 0. The van der Waals surface area contributed by atoms with Crippen molar-refractivity contribution in [2.24, 2.45) is 5.92 Å². The molecule has 0 amide bonds. The van der Waals surface area contributed by atoms with Crippen LogP contribution in [-0.4, -0.2) is 19.8 Å². The van der Waals surface area contributed by atoms with Crippen LogP contribution in [0.1, 0.15) is 28.7 Å². The number of aryl methyl sites for hydroxylation is 3. The molecule has 0 radical (unpaired) electrons. The fourth-order valence-corrected chi connectivity index (χ4v) is 2.37. The van der Waals surface area contributed by atoms with Crippen molar-refractivity contribution in [3.05, 3.63) is 34.4 Å². The summed E-state index contributed by atoms with van der Waals surface area (Å²) < 4.78 is 5.38. The van der Waals surface area contributed by atoms with Crippen LogP contribution >= 0.6 is 0 Å². The first-order chi connectivity index (χ1) is 8.16. The third kappa shape index (κ3) is 3.30. The van der Waals surface area contributed by atoms with Crippen molar-refractivity contribution in [1.82, 2.24) is 5.32 Å². The zero-order chi connectivity index (χ0) is 12.3. The molecule has 1 aliphatic heterocycles. The van der Waals surface area contributed by atoms with E-state index in [1.807, 2.05) is 0 Å². The SMILES string of the molecule is Cc1cc(C)c(CNCC2CCOC2)cc1C. The first-order valence-electron chi connectivity index (χ1n) is 6.52. The van der Waals surface area contributed by atoms with Crippen LogP contribution in [0.25, 0.3) is 0 Å². The van der Waals surface area contributed by atoms with E-state index in [1.165, 1.54) is 28.7 Å². The number of rotatable bonds is 4. The van der Waals surface area contributed by atoms with Gasteiger partial charge in [0.25, 0.3) is 0 Å². The molecule has 2 rings (SSSR count). The fourth-order valence-electron chi connectivity index (χ4n) is 2.37. The molecule has 0 aliphatic carbocycles. The lowest BCUT2D eigenvalue weighted by atomic mass is 10.0.